The Hall–Kier alpha value is -0.160. The van der Waals surface area contributed by atoms with Gasteiger partial charge in [0.05, 0.1) is 6.10 Å². The summed E-state index contributed by atoms with van der Waals surface area (Å²) in [6, 6.07) is 0. The summed E-state index contributed by atoms with van der Waals surface area (Å²) in [5.74, 6) is 0. The van der Waals surface area contributed by atoms with Crippen LogP contribution in [0.3, 0.4) is 0 Å². The van der Waals surface area contributed by atoms with Crippen LogP contribution in [0.15, 0.2) is 0 Å². The van der Waals surface area contributed by atoms with E-state index in [1.165, 1.54) is 6.42 Å². The minimum Gasteiger partial charge on any atom is -0.392 e. The maximum atomic E-state index is 9.39. The molecule has 0 aromatic carbocycles. The topological polar surface area (TPSA) is 44.7 Å². The highest BCUT2D eigenvalue weighted by atomic mass is 16.5. The number of unbranched alkanes of at least 4 members (excludes halogenated alkanes) is 1. The molecular formula is C12H26N2O2. The van der Waals surface area contributed by atoms with E-state index >= 15 is 0 Å². The van der Waals surface area contributed by atoms with Crippen LogP contribution >= 0.6 is 0 Å². The largest absolute Gasteiger partial charge is 0.392 e. The minimum absolute atomic E-state index is 0.132. The third-order valence-corrected chi connectivity index (χ3v) is 2.79. The third-order valence-electron chi connectivity index (χ3n) is 2.79. The number of nitrogens with one attached hydrogen (secondary N) is 1. The Balaban J connectivity index is 2.27. The molecule has 1 rings (SSSR count). The van der Waals surface area contributed by atoms with Gasteiger partial charge in [-0.15, -0.1) is 0 Å². The van der Waals surface area contributed by atoms with Crippen molar-refractivity contribution in [3.05, 3.63) is 0 Å². The number of ether oxygens (including phenoxy) is 1. The Morgan fingerprint density at radius 2 is 2.38 bits per heavy atom. The molecule has 16 heavy (non-hydrogen) atoms. The van der Waals surface area contributed by atoms with E-state index in [9.17, 15) is 5.11 Å². The Morgan fingerprint density at radius 3 is 3.06 bits per heavy atom. The number of aliphatic hydroxyl groups is 1. The van der Waals surface area contributed by atoms with Crippen molar-refractivity contribution in [2.24, 2.45) is 0 Å². The van der Waals surface area contributed by atoms with Gasteiger partial charge < -0.3 is 9.84 Å². The van der Waals surface area contributed by atoms with Crippen LogP contribution in [0.1, 0.15) is 33.1 Å². The van der Waals surface area contributed by atoms with Gasteiger partial charge in [-0.25, -0.2) is 0 Å². The van der Waals surface area contributed by atoms with Crippen LogP contribution in [0.4, 0.5) is 0 Å². The summed E-state index contributed by atoms with van der Waals surface area (Å²) in [5.41, 5.74) is 0. The summed E-state index contributed by atoms with van der Waals surface area (Å²) < 4.78 is 5.78. The van der Waals surface area contributed by atoms with E-state index < -0.39 is 0 Å². The van der Waals surface area contributed by atoms with Crippen molar-refractivity contribution in [1.82, 2.24) is 10.2 Å². The molecule has 0 saturated carbocycles. The fourth-order valence-electron chi connectivity index (χ4n) is 1.98. The van der Waals surface area contributed by atoms with Crippen LogP contribution in [0.2, 0.25) is 0 Å². The van der Waals surface area contributed by atoms with E-state index in [1.807, 2.05) is 6.92 Å². The molecule has 0 aliphatic carbocycles. The van der Waals surface area contributed by atoms with Gasteiger partial charge >= 0.3 is 0 Å². The molecule has 4 nitrogen and oxygen atoms in total. The average molecular weight is 230 g/mol. The van der Waals surface area contributed by atoms with Gasteiger partial charge in [0.25, 0.3) is 0 Å². The van der Waals surface area contributed by atoms with E-state index in [0.29, 0.717) is 0 Å². The molecule has 2 atom stereocenters. The van der Waals surface area contributed by atoms with E-state index in [4.69, 9.17) is 4.74 Å². The molecule has 1 saturated heterocycles. The molecular weight excluding hydrogens is 204 g/mol. The molecule has 1 heterocycles. The van der Waals surface area contributed by atoms with Crippen LogP contribution in [0, 0.1) is 0 Å². The fourth-order valence-corrected chi connectivity index (χ4v) is 1.98. The highest BCUT2D eigenvalue weighted by Gasteiger charge is 2.18. The van der Waals surface area contributed by atoms with Crippen LogP contribution < -0.4 is 5.32 Å². The number of rotatable bonds is 6. The lowest BCUT2D eigenvalue weighted by atomic mass is 10.3. The monoisotopic (exact) mass is 230 g/mol. The lowest BCUT2D eigenvalue weighted by molar-refractivity contribution is 0.00615. The zero-order valence-electron chi connectivity index (χ0n) is 10.6. The Kier molecular flexibility index (Phi) is 6.96. The normalized spacial score (nSPS) is 25.3. The molecule has 0 aromatic rings. The van der Waals surface area contributed by atoms with Crippen molar-refractivity contribution >= 4 is 0 Å². The van der Waals surface area contributed by atoms with Crippen molar-refractivity contribution in [3.8, 4) is 0 Å². The number of hydrogen-bond acceptors (Lipinski definition) is 4. The number of nitrogens with zero attached hydrogens (tertiary/aromatic N) is 1. The van der Waals surface area contributed by atoms with E-state index in [-0.39, 0.29) is 12.3 Å². The standard InChI is InChI=1S/C12H26N2O2/c1-3-4-8-16-12-10-14(9-11(2)15)7-5-6-13-12/h11-13,15H,3-10H2,1-2H3. The van der Waals surface area contributed by atoms with Gasteiger partial charge in [0.2, 0.25) is 0 Å². The van der Waals surface area contributed by atoms with Crippen molar-refractivity contribution in [2.75, 3.05) is 32.8 Å². The average Bonchev–Trinajstić information content (AvgIpc) is 2.43. The van der Waals surface area contributed by atoms with Gasteiger partial charge in [-0.3, -0.25) is 10.2 Å². The minimum atomic E-state index is -0.255. The number of hydrogen-bond donors (Lipinski definition) is 2. The van der Waals surface area contributed by atoms with E-state index in [2.05, 4.69) is 17.1 Å². The first kappa shape index (κ1) is 13.9. The second-order valence-corrected chi connectivity index (χ2v) is 4.63. The maximum Gasteiger partial charge on any atom is 0.120 e. The van der Waals surface area contributed by atoms with Gasteiger partial charge in [0.1, 0.15) is 6.23 Å². The summed E-state index contributed by atoms with van der Waals surface area (Å²) in [6.45, 7) is 8.52. The van der Waals surface area contributed by atoms with Gasteiger partial charge in [-0.1, -0.05) is 13.3 Å². The SMILES string of the molecule is CCCCOC1CN(CC(C)O)CCCN1. The molecule has 0 spiro atoms. The van der Waals surface area contributed by atoms with Crippen molar-refractivity contribution in [1.29, 1.82) is 0 Å². The van der Waals surface area contributed by atoms with Crippen LogP contribution in [-0.4, -0.2) is 55.1 Å². The van der Waals surface area contributed by atoms with Crippen LogP contribution in [0.5, 0.6) is 0 Å². The molecule has 0 aromatic heterocycles. The molecule has 0 bridgehead atoms. The summed E-state index contributed by atoms with van der Waals surface area (Å²) in [6.07, 6.45) is 3.29. The highest BCUT2D eigenvalue weighted by Crippen LogP contribution is 2.04. The fraction of sp³-hybridized carbons (Fsp3) is 1.00. The van der Waals surface area contributed by atoms with Crippen LogP contribution in [-0.2, 0) is 4.74 Å². The summed E-state index contributed by atoms with van der Waals surface area (Å²) in [7, 11) is 0. The summed E-state index contributed by atoms with van der Waals surface area (Å²) >= 11 is 0. The molecule has 1 aliphatic rings. The molecule has 4 heteroatoms. The second kappa shape index (κ2) is 8.01. The zero-order chi connectivity index (χ0) is 11.8. The number of aliphatic hydroxyl groups excluding tert-OH is 1. The van der Waals surface area contributed by atoms with Crippen molar-refractivity contribution in [2.45, 2.75) is 45.4 Å². The smallest absolute Gasteiger partial charge is 0.120 e. The molecule has 2 N–H and O–H groups in total. The molecule has 1 aliphatic heterocycles. The molecule has 96 valence electrons. The Morgan fingerprint density at radius 1 is 1.56 bits per heavy atom. The van der Waals surface area contributed by atoms with Gasteiger partial charge in [0, 0.05) is 19.7 Å². The van der Waals surface area contributed by atoms with Crippen LogP contribution in [0.25, 0.3) is 0 Å². The predicted octanol–water partition coefficient (Wildman–Crippen LogP) is 0.805. The first-order chi connectivity index (χ1) is 7.72. The molecule has 2 unspecified atom stereocenters. The Labute approximate surface area is 99.0 Å². The van der Waals surface area contributed by atoms with Gasteiger partial charge in [-0.05, 0) is 32.9 Å². The maximum absolute atomic E-state index is 9.39. The third kappa shape index (κ3) is 5.80. The van der Waals surface area contributed by atoms with Crippen molar-refractivity contribution < 1.29 is 9.84 Å². The highest BCUT2D eigenvalue weighted by molar-refractivity contribution is 4.71. The molecule has 0 radical (unpaired) electrons. The zero-order valence-corrected chi connectivity index (χ0v) is 10.6. The lowest BCUT2D eigenvalue weighted by Crippen LogP contribution is -2.42. The van der Waals surface area contributed by atoms with Gasteiger partial charge in [0.15, 0.2) is 0 Å². The van der Waals surface area contributed by atoms with Crippen molar-refractivity contribution in [3.63, 3.8) is 0 Å². The predicted molar refractivity (Wildman–Crippen MR) is 65.4 cm³/mol. The number of β-amino-alcohol motifs (C(OH)–C–C–N with tert-alkyl or cyclic N) is 1. The first-order valence-electron chi connectivity index (χ1n) is 6.47. The molecule has 0 amide bonds. The lowest BCUT2D eigenvalue weighted by Gasteiger charge is -2.25. The first-order valence-corrected chi connectivity index (χ1v) is 6.47. The van der Waals surface area contributed by atoms with E-state index in [0.717, 1.165) is 45.6 Å². The summed E-state index contributed by atoms with van der Waals surface area (Å²) in [5, 5.41) is 12.8. The second-order valence-electron chi connectivity index (χ2n) is 4.63. The van der Waals surface area contributed by atoms with E-state index in [1.54, 1.807) is 0 Å². The quantitative estimate of drug-likeness (QED) is 0.663. The van der Waals surface area contributed by atoms with Gasteiger partial charge in [-0.2, -0.15) is 0 Å². The summed E-state index contributed by atoms with van der Waals surface area (Å²) in [4.78, 5) is 2.28. The Bertz CT molecular complexity index is 176. The molecule has 1 fully saturated rings.